The number of methoxy groups -OCH3 is 1. The molecule has 2 aromatic rings. The van der Waals surface area contributed by atoms with E-state index in [0.29, 0.717) is 19.0 Å². The molecule has 0 unspecified atom stereocenters. The minimum absolute atomic E-state index is 0.408. The Kier molecular flexibility index (Phi) is 4.15. The van der Waals surface area contributed by atoms with Gasteiger partial charge in [-0.1, -0.05) is 18.2 Å². The molecule has 4 nitrogen and oxygen atoms in total. The van der Waals surface area contributed by atoms with Gasteiger partial charge < -0.3 is 15.2 Å². The van der Waals surface area contributed by atoms with Crippen LogP contribution in [0.3, 0.4) is 0 Å². The van der Waals surface area contributed by atoms with Gasteiger partial charge in [0, 0.05) is 12.6 Å². The summed E-state index contributed by atoms with van der Waals surface area (Å²) in [5.74, 6) is 1.38. The van der Waals surface area contributed by atoms with Gasteiger partial charge in [-0.15, -0.1) is 0 Å². The Labute approximate surface area is 106 Å². The highest BCUT2D eigenvalue weighted by atomic mass is 16.5. The minimum Gasteiger partial charge on any atom is -0.487 e. The number of hydrogen-bond donors (Lipinski definition) is 1. The molecule has 0 saturated carbocycles. The van der Waals surface area contributed by atoms with Crippen LogP contribution in [0.15, 0.2) is 42.5 Å². The lowest BCUT2D eigenvalue weighted by atomic mass is 10.2. The van der Waals surface area contributed by atoms with Crippen molar-refractivity contribution in [2.75, 3.05) is 7.11 Å². The van der Waals surface area contributed by atoms with E-state index >= 15 is 0 Å². The van der Waals surface area contributed by atoms with Crippen molar-refractivity contribution in [3.8, 4) is 11.6 Å². The van der Waals surface area contributed by atoms with Crippen molar-refractivity contribution in [3.63, 3.8) is 0 Å². The van der Waals surface area contributed by atoms with Gasteiger partial charge in [-0.25, -0.2) is 4.98 Å². The molecule has 4 heteroatoms. The first-order valence-electron chi connectivity index (χ1n) is 5.73. The molecule has 1 aromatic heterocycles. The lowest BCUT2D eigenvalue weighted by molar-refractivity contribution is 0.298. The van der Waals surface area contributed by atoms with Crippen molar-refractivity contribution in [3.05, 3.63) is 53.7 Å². The molecule has 1 heterocycles. The Balaban J connectivity index is 2.01. The summed E-state index contributed by atoms with van der Waals surface area (Å²) in [6, 6.07) is 13.3. The summed E-state index contributed by atoms with van der Waals surface area (Å²) in [6.07, 6.45) is 0. The van der Waals surface area contributed by atoms with Crippen molar-refractivity contribution in [2.24, 2.45) is 5.73 Å². The molecule has 0 spiro atoms. The molecule has 2 rings (SSSR count). The van der Waals surface area contributed by atoms with Crippen molar-refractivity contribution in [1.29, 1.82) is 0 Å². The van der Waals surface area contributed by atoms with Gasteiger partial charge in [-0.05, 0) is 23.8 Å². The highest BCUT2D eigenvalue weighted by Gasteiger charge is 2.00. The van der Waals surface area contributed by atoms with Crippen LogP contribution in [-0.4, -0.2) is 12.1 Å². The molecule has 0 fully saturated rings. The van der Waals surface area contributed by atoms with Crippen LogP contribution in [0.1, 0.15) is 11.3 Å². The van der Waals surface area contributed by atoms with E-state index in [1.165, 1.54) is 0 Å². The van der Waals surface area contributed by atoms with Crippen LogP contribution < -0.4 is 15.2 Å². The molecule has 0 saturated heterocycles. The molecule has 0 amide bonds. The van der Waals surface area contributed by atoms with Crippen LogP contribution in [-0.2, 0) is 13.2 Å². The largest absolute Gasteiger partial charge is 0.487 e. The van der Waals surface area contributed by atoms with Crippen LogP contribution in [0.2, 0.25) is 0 Å². The third-order valence-corrected chi connectivity index (χ3v) is 2.51. The Hall–Kier alpha value is -2.07. The predicted molar refractivity (Wildman–Crippen MR) is 69.5 cm³/mol. The second kappa shape index (κ2) is 6.02. The topological polar surface area (TPSA) is 57.4 Å². The van der Waals surface area contributed by atoms with Crippen molar-refractivity contribution >= 4 is 0 Å². The van der Waals surface area contributed by atoms with E-state index in [-0.39, 0.29) is 0 Å². The lowest BCUT2D eigenvalue weighted by Gasteiger charge is -2.07. The highest BCUT2D eigenvalue weighted by Crippen LogP contribution is 2.15. The molecule has 0 aliphatic carbocycles. The van der Waals surface area contributed by atoms with Crippen molar-refractivity contribution < 1.29 is 9.47 Å². The van der Waals surface area contributed by atoms with Gasteiger partial charge >= 0.3 is 0 Å². The van der Waals surface area contributed by atoms with Crippen LogP contribution in [0, 0.1) is 0 Å². The number of ether oxygens (including phenoxy) is 2. The van der Waals surface area contributed by atoms with Gasteiger partial charge in [-0.3, -0.25) is 0 Å². The number of benzene rings is 1. The number of nitrogens with two attached hydrogens (primary N) is 1. The smallest absolute Gasteiger partial charge is 0.213 e. The Morgan fingerprint density at radius 2 is 2.00 bits per heavy atom. The molecule has 0 aliphatic heterocycles. The number of hydrogen-bond acceptors (Lipinski definition) is 4. The zero-order valence-electron chi connectivity index (χ0n) is 10.3. The number of aromatic nitrogens is 1. The summed E-state index contributed by atoms with van der Waals surface area (Å²) < 4.78 is 10.7. The fraction of sp³-hybridized carbons (Fsp3) is 0.214. The molecule has 0 atom stereocenters. The summed E-state index contributed by atoms with van der Waals surface area (Å²) >= 11 is 0. The van der Waals surface area contributed by atoms with E-state index in [4.69, 9.17) is 15.2 Å². The van der Waals surface area contributed by atoms with Gasteiger partial charge in [0.25, 0.3) is 0 Å². The monoisotopic (exact) mass is 244 g/mol. The van der Waals surface area contributed by atoms with Crippen molar-refractivity contribution in [1.82, 2.24) is 4.98 Å². The summed E-state index contributed by atoms with van der Waals surface area (Å²) in [6.45, 7) is 0.917. The molecule has 0 radical (unpaired) electrons. The van der Waals surface area contributed by atoms with Crippen LogP contribution in [0.4, 0.5) is 0 Å². The van der Waals surface area contributed by atoms with Gasteiger partial charge in [-0.2, -0.15) is 0 Å². The molecule has 0 bridgehead atoms. The second-order valence-corrected chi connectivity index (χ2v) is 3.81. The van der Waals surface area contributed by atoms with E-state index in [0.717, 1.165) is 17.0 Å². The van der Waals surface area contributed by atoms with E-state index in [1.807, 2.05) is 36.4 Å². The lowest BCUT2D eigenvalue weighted by Crippen LogP contribution is -2.01. The summed E-state index contributed by atoms with van der Waals surface area (Å²) in [5.41, 5.74) is 7.45. The number of pyridine rings is 1. The Morgan fingerprint density at radius 3 is 2.78 bits per heavy atom. The van der Waals surface area contributed by atoms with Gasteiger partial charge in [0.05, 0.1) is 12.8 Å². The predicted octanol–water partition coefficient (Wildman–Crippen LogP) is 2.13. The van der Waals surface area contributed by atoms with E-state index in [1.54, 1.807) is 13.2 Å². The van der Waals surface area contributed by atoms with E-state index in [2.05, 4.69) is 4.98 Å². The van der Waals surface area contributed by atoms with Crippen molar-refractivity contribution in [2.45, 2.75) is 13.2 Å². The fourth-order valence-corrected chi connectivity index (χ4v) is 1.57. The fourth-order valence-electron chi connectivity index (χ4n) is 1.57. The molecule has 2 N–H and O–H groups in total. The first-order chi connectivity index (χ1) is 8.81. The van der Waals surface area contributed by atoms with Gasteiger partial charge in [0.2, 0.25) is 5.88 Å². The molecule has 1 aromatic carbocycles. The Morgan fingerprint density at radius 1 is 1.17 bits per heavy atom. The second-order valence-electron chi connectivity index (χ2n) is 3.81. The zero-order chi connectivity index (χ0) is 12.8. The van der Waals surface area contributed by atoms with Crippen LogP contribution >= 0.6 is 0 Å². The normalized spacial score (nSPS) is 10.1. The highest BCUT2D eigenvalue weighted by molar-refractivity contribution is 5.28. The first kappa shape index (κ1) is 12.4. The summed E-state index contributed by atoms with van der Waals surface area (Å²) in [4.78, 5) is 4.28. The molecule has 0 aliphatic rings. The standard InChI is InChI=1S/C14H16N2O2/c1-17-14-7-3-5-12(16-14)10-18-13-6-2-4-11(8-13)9-15/h2-8H,9-10,15H2,1H3. The third-order valence-electron chi connectivity index (χ3n) is 2.51. The summed E-state index contributed by atoms with van der Waals surface area (Å²) in [5, 5.41) is 0. The summed E-state index contributed by atoms with van der Waals surface area (Å²) in [7, 11) is 1.59. The molecule has 18 heavy (non-hydrogen) atoms. The zero-order valence-corrected chi connectivity index (χ0v) is 10.3. The quantitative estimate of drug-likeness (QED) is 0.875. The SMILES string of the molecule is COc1cccc(COc2cccc(CN)c2)n1. The molecular formula is C14H16N2O2. The van der Waals surface area contributed by atoms with Crippen LogP contribution in [0.25, 0.3) is 0 Å². The third kappa shape index (κ3) is 3.21. The Bertz CT molecular complexity index is 467. The van der Waals surface area contributed by atoms with Gasteiger partial charge in [0.1, 0.15) is 12.4 Å². The average Bonchev–Trinajstić information content (AvgIpc) is 2.45. The molecular weight excluding hydrogens is 228 g/mol. The maximum absolute atomic E-state index is 5.66. The molecule has 94 valence electrons. The van der Waals surface area contributed by atoms with Crippen LogP contribution in [0.5, 0.6) is 11.6 Å². The maximum Gasteiger partial charge on any atom is 0.213 e. The minimum atomic E-state index is 0.408. The van der Waals surface area contributed by atoms with Gasteiger partial charge in [0.15, 0.2) is 0 Å². The number of nitrogens with zero attached hydrogens (tertiary/aromatic N) is 1. The average molecular weight is 244 g/mol. The van der Waals surface area contributed by atoms with E-state index in [9.17, 15) is 0 Å². The maximum atomic E-state index is 5.66. The number of rotatable bonds is 5. The first-order valence-corrected chi connectivity index (χ1v) is 5.73. The van der Waals surface area contributed by atoms with E-state index < -0.39 is 0 Å².